The quantitative estimate of drug-likeness (QED) is 0.372. The SMILES string of the molecule is COc1cccc2c1CCC1CC(=O)c3c(OC)cccc3C13c1ccc(OC)c4c(O)ccc(c14)C23. The third-order valence-corrected chi connectivity index (χ3v) is 9.05. The number of Topliss-reactive ketones (excluding diaryl/α,β-unsaturated/α-hetero) is 1. The number of carbonyl (C=O) groups excluding carboxylic acids is 1. The van der Waals surface area contributed by atoms with Gasteiger partial charge in [0.25, 0.3) is 0 Å². The Labute approximate surface area is 215 Å². The maximum absolute atomic E-state index is 13.7. The zero-order valence-electron chi connectivity index (χ0n) is 21.1. The number of hydrogen-bond acceptors (Lipinski definition) is 5. The van der Waals surface area contributed by atoms with Gasteiger partial charge in [-0.05, 0) is 76.2 Å². The summed E-state index contributed by atoms with van der Waals surface area (Å²) in [6.07, 6.45) is 2.12. The van der Waals surface area contributed by atoms with Crippen LogP contribution in [0, 0.1) is 5.92 Å². The summed E-state index contributed by atoms with van der Waals surface area (Å²) in [5.74, 6) is 2.47. The van der Waals surface area contributed by atoms with Crippen LogP contribution in [0.1, 0.15) is 56.9 Å². The molecule has 0 aromatic heterocycles. The number of aromatic hydroxyl groups is 1. The first-order chi connectivity index (χ1) is 18.1. The van der Waals surface area contributed by atoms with Crippen LogP contribution in [-0.2, 0) is 11.8 Å². The molecule has 3 aliphatic rings. The van der Waals surface area contributed by atoms with Crippen LogP contribution in [0.15, 0.2) is 60.7 Å². The Bertz CT molecular complexity index is 1620. The second kappa shape index (κ2) is 7.75. The van der Waals surface area contributed by atoms with Gasteiger partial charge in [0.05, 0.1) is 32.3 Å². The molecule has 3 aliphatic carbocycles. The van der Waals surface area contributed by atoms with E-state index in [1.807, 2.05) is 24.3 Å². The van der Waals surface area contributed by atoms with Gasteiger partial charge in [0, 0.05) is 17.8 Å². The van der Waals surface area contributed by atoms with Gasteiger partial charge in [0.1, 0.15) is 23.0 Å². The Balaban J connectivity index is 1.70. The monoisotopic (exact) mass is 492 g/mol. The van der Waals surface area contributed by atoms with E-state index in [-0.39, 0.29) is 23.4 Å². The number of phenols is 1. The number of rotatable bonds is 3. The molecule has 0 radical (unpaired) electrons. The van der Waals surface area contributed by atoms with Crippen LogP contribution in [0.5, 0.6) is 23.0 Å². The Kier molecular flexibility index (Phi) is 4.66. The van der Waals surface area contributed by atoms with Gasteiger partial charge in [0.2, 0.25) is 0 Å². The molecular weight excluding hydrogens is 464 g/mol. The van der Waals surface area contributed by atoms with Crippen LogP contribution in [0.4, 0.5) is 0 Å². The number of phenolic OH excluding ortho intramolecular Hbond substituents is 1. The first kappa shape index (κ1) is 22.2. The normalized spacial score (nSPS) is 22.9. The summed E-state index contributed by atoms with van der Waals surface area (Å²) in [4.78, 5) is 13.7. The summed E-state index contributed by atoms with van der Waals surface area (Å²) in [6, 6.07) is 20.3. The van der Waals surface area contributed by atoms with E-state index in [1.165, 1.54) is 11.1 Å². The standard InChI is InChI=1S/C32H28O5/c1-35-25-8-4-6-19-18(25)11-10-17-16-24(34)29-21(7-5-9-26(29)36-2)32(17)22-13-15-27(37-3)30-23(33)14-12-20(28(22)30)31(19)32/h4-9,12-15,17,31,33H,10-11,16H2,1-3H3. The molecule has 1 N–H and O–H groups in total. The van der Waals surface area contributed by atoms with Gasteiger partial charge < -0.3 is 19.3 Å². The highest BCUT2D eigenvalue weighted by molar-refractivity contribution is 6.06. The number of carbonyl (C=O) groups is 1. The number of hydrogen-bond donors (Lipinski definition) is 1. The van der Waals surface area contributed by atoms with Gasteiger partial charge >= 0.3 is 0 Å². The van der Waals surface area contributed by atoms with Crippen LogP contribution in [0.3, 0.4) is 0 Å². The summed E-state index contributed by atoms with van der Waals surface area (Å²) >= 11 is 0. The van der Waals surface area contributed by atoms with Crippen molar-refractivity contribution in [3.63, 3.8) is 0 Å². The van der Waals surface area contributed by atoms with E-state index in [2.05, 4.69) is 30.3 Å². The summed E-state index contributed by atoms with van der Waals surface area (Å²) in [5.41, 5.74) is 5.88. The van der Waals surface area contributed by atoms with E-state index >= 15 is 0 Å². The second-order valence-corrected chi connectivity index (χ2v) is 10.3. The highest BCUT2D eigenvalue weighted by Crippen LogP contribution is 2.67. The molecule has 3 atom stereocenters. The lowest BCUT2D eigenvalue weighted by Crippen LogP contribution is -2.45. The van der Waals surface area contributed by atoms with Gasteiger partial charge in [0.15, 0.2) is 5.78 Å². The molecule has 0 amide bonds. The molecule has 5 nitrogen and oxygen atoms in total. The van der Waals surface area contributed by atoms with Crippen molar-refractivity contribution in [2.75, 3.05) is 21.3 Å². The first-order valence-electron chi connectivity index (χ1n) is 12.8. The summed E-state index contributed by atoms with van der Waals surface area (Å²) in [6.45, 7) is 0. The maximum atomic E-state index is 13.7. The summed E-state index contributed by atoms with van der Waals surface area (Å²) < 4.78 is 17.3. The molecule has 37 heavy (non-hydrogen) atoms. The minimum absolute atomic E-state index is 0.0609. The number of fused-ring (bicyclic) bond motifs is 4. The van der Waals surface area contributed by atoms with Crippen molar-refractivity contribution < 1.29 is 24.1 Å². The fourth-order valence-electron chi connectivity index (χ4n) is 7.80. The predicted octanol–water partition coefficient (Wildman–Crippen LogP) is 6.15. The van der Waals surface area contributed by atoms with E-state index in [0.29, 0.717) is 23.5 Å². The Morgan fingerprint density at radius 3 is 2.32 bits per heavy atom. The highest BCUT2D eigenvalue weighted by atomic mass is 16.5. The molecule has 0 fully saturated rings. The van der Waals surface area contributed by atoms with Crippen molar-refractivity contribution >= 4 is 16.6 Å². The number of ether oxygens (including phenoxy) is 3. The molecule has 0 saturated carbocycles. The maximum Gasteiger partial charge on any atom is 0.167 e. The van der Waals surface area contributed by atoms with E-state index < -0.39 is 5.41 Å². The lowest BCUT2D eigenvalue weighted by molar-refractivity contribution is 0.0901. The van der Waals surface area contributed by atoms with Gasteiger partial charge in [-0.15, -0.1) is 0 Å². The molecule has 186 valence electrons. The molecule has 4 aromatic rings. The lowest BCUT2D eigenvalue weighted by atomic mass is 9.54. The Morgan fingerprint density at radius 1 is 0.784 bits per heavy atom. The molecule has 4 aromatic carbocycles. The van der Waals surface area contributed by atoms with Crippen LogP contribution in [0.2, 0.25) is 0 Å². The second-order valence-electron chi connectivity index (χ2n) is 10.3. The third kappa shape index (κ3) is 2.61. The van der Waals surface area contributed by atoms with Gasteiger partial charge in [-0.25, -0.2) is 0 Å². The van der Waals surface area contributed by atoms with E-state index in [4.69, 9.17) is 14.2 Å². The van der Waals surface area contributed by atoms with Crippen molar-refractivity contribution in [2.45, 2.75) is 30.6 Å². The average Bonchev–Trinajstić information content (AvgIpc) is 3.13. The fraction of sp³-hybridized carbons (Fsp3) is 0.281. The average molecular weight is 493 g/mol. The van der Waals surface area contributed by atoms with E-state index in [0.717, 1.165) is 46.1 Å². The summed E-state index contributed by atoms with van der Waals surface area (Å²) in [5, 5.41) is 12.8. The smallest absolute Gasteiger partial charge is 0.167 e. The van der Waals surface area contributed by atoms with Crippen LogP contribution < -0.4 is 14.2 Å². The van der Waals surface area contributed by atoms with Crippen molar-refractivity contribution in [1.82, 2.24) is 0 Å². The van der Waals surface area contributed by atoms with Crippen molar-refractivity contribution in [3.8, 4) is 23.0 Å². The van der Waals surface area contributed by atoms with Gasteiger partial charge in [-0.3, -0.25) is 4.79 Å². The molecular formula is C32H28O5. The van der Waals surface area contributed by atoms with Crippen molar-refractivity contribution in [3.05, 3.63) is 94.0 Å². The molecule has 3 unspecified atom stereocenters. The number of ketones is 1. The molecule has 0 heterocycles. The largest absolute Gasteiger partial charge is 0.507 e. The number of benzene rings is 4. The van der Waals surface area contributed by atoms with Crippen molar-refractivity contribution in [2.24, 2.45) is 5.92 Å². The zero-order valence-corrected chi connectivity index (χ0v) is 21.1. The van der Waals surface area contributed by atoms with Gasteiger partial charge in [-0.2, -0.15) is 0 Å². The van der Waals surface area contributed by atoms with Gasteiger partial charge in [-0.1, -0.05) is 36.4 Å². The molecule has 1 spiro atoms. The zero-order chi connectivity index (χ0) is 25.5. The summed E-state index contributed by atoms with van der Waals surface area (Å²) in [7, 11) is 4.99. The fourth-order valence-corrected chi connectivity index (χ4v) is 7.80. The number of methoxy groups -OCH3 is 3. The molecule has 0 bridgehead atoms. The molecule has 0 aliphatic heterocycles. The minimum Gasteiger partial charge on any atom is -0.507 e. The topological polar surface area (TPSA) is 65.0 Å². The minimum atomic E-state index is -0.504. The third-order valence-electron chi connectivity index (χ3n) is 9.05. The molecule has 7 rings (SSSR count). The van der Waals surface area contributed by atoms with Crippen LogP contribution in [-0.4, -0.2) is 32.2 Å². The Hall–Kier alpha value is -3.99. The first-order valence-corrected chi connectivity index (χ1v) is 12.8. The van der Waals surface area contributed by atoms with Crippen LogP contribution in [0.25, 0.3) is 10.8 Å². The van der Waals surface area contributed by atoms with E-state index in [9.17, 15) is 9.90 Å². The Morgan fingerprint density at radius 2 is 1.54 bits per heavy atom. The highest BCUT2D eigenvalue weighted by Gasteiger charge is 2.59. The van der Waals surface area contributed by atoms with Crippen LogP contribution >= 0.6 is 0 Å². The predicted molar refractivity (Wildman–Crippen MR) is 142 cm³/mol. The molecule has 5 heteroatoms. The van der Waals surface area contributed by atoms with Crippen molar-refractivity contribution in [1.29, 1.82) is 0 Å². The van der Waals surface area contributed by atoms with E-state index in [1.54, 1.807) is 27.4 Å². The lowest BCUT2D eigenvalue weighted by Gasteiger charge is -2.47. The molecule has 0 saturated heterocycles.